The largest absolute Gasteiger partial charge is 0.220 e. The summed E-state index contributed by atoms with van der Waals surface area (Å²) < 4.78 is 0. The number of halogens is 2. The Morgan fingerprint density at radius 2 is 1.50 bits per heavy atom. The van der Waals surface area contributed by atoms with Gasteiger partial charge in [0.25, 0.3) is 0 Å². The molecule has 0 nitrogen and oxygen atoms in total. The summed E-state index contributed by atoms with van der Waals surface area (Å²) in [5.74, 6) is 0.302. The maximum Gasteiger partial charge on any atom is 0.220 e. The average molecular weight is 338 g/mol. The predicted octanol–water partition coefficient (Wildman–Crippen LogP) is 7.21. The van der Waals surface area contributed by atoms with Gasteiger partial charge in [-0.1, -0.05) is 41.5 Å². The van der Waals surface area contributed by atoms with Crippen LogP contribution in [0.2, 0.25) is 0 Å². The zero-order chi connectivity index (χ0) is 15.7. The Labute approximate surface area is 136 Å². The Morgan fingerprint density at radius 1 is 1.00 bits per heavy atom. The molecule has 20 heavy (non-hydrogen) atoms. The molecule has 3 fully saturated rings. The van der Waals surface area contributed by atoms with E-state index < -0.39 is 5.97 Å². The van der Waals surface area contributed by atoms with Gasteiger partial charge >= 0.3 is 0 Å². The first-order valence-corrected chi connectivity index (χ1v) is 11.7. The van der Waals surface area contributed by atoms with E-state index in [-0.39, 0.29) is 10.6 Å². The first-order valence-electron chi connectivity index (χ1n) is 8.02. The third kappa shape index (κ3) is 2.19. The maximum absolute atomic E-state index is 7.14. The molecule has 0 amide bonds. The maximum atomic E-state index is 7.14. The number of fused-ring (bicyclic) bond motifs is 2. The van der Waals surface area contributed by atoms with Crippen LogP contribution in [0.25, 0.3) is 0 Å². The summed E-state index contributed by atoms with van der Waals surface area (Å²) >= 11 is 14.3. The summed E-state index contributed by atoms with van der Waals surface area (Å²) in [6.45, 7) is 18.7. The van der Waals surface area contributed by atoms with E-state index in [2.05, 4.69) is 55.4 Å². The van der Waals surface area contributed by atoms with E-state index >= 15 is 0 Å². The molecular weight excluding hydrogens is 306 g/mol. The highest BCUT2D eigenvalue weighted by Crippen LogP contribution is 2.87. The second-order valence-electron chi connectivity index (χ2n) is 9.39. The van der Waals surface area contributed by atoms with E-state index in [0.717, 1.165) is 11.8 Å². The molecule has 3 saturated carbocycles. The Balaban J connectivity index is 2.29. The summed E-state index contributed by atoms with van der Waals surface area (Å²) in [4.78, 5) is 0. The Bertz CT molecular complexity index is 392. The highest BCUT2D eigenvalue weighted by atomic mass is 35.9. The van der Waals surface area contributed by atoms with Crippen LogP contribution in [-0.2, 0) is 0 Å². The zero-order valence-electron chi connectivity index (χ0n) is 14.4. The predicted molar refractivity (Wildman–Crippen MR) is 95.1 cm³/mol. The van der Waals surface area contributed by atoms with E-state index in [4.69, 9.17) is 22.5 Å². The molecule has 0 aromatic carbocycles. The molecule has 0 aromatic rings. The number of hydrogen-bond donors (Lipinski definition) is 0. The molecule has 0 radical (unpaired) electrons. The van der Waals surface area contributed by atoms with Crippen molar-refractivity contribution in [2.24, 2.45) is 28.6 Å². The van der Waals surface area contributed by atoms with Crippen LogP contribution >= 0.6 is 28.4 Å². The molecule has 3 rings (SSSR count). The van der Waals surface area contributed by atoms with Crippen molar-refractivity contribution in [3.63, 3.8) is 0 Å². The monoisotopic (exact) mass is 337 g/mol. The summed E-state index contributed by atoms with van der Waals surface area (Å²) in [6.07, 6.45) is 2.64. The van der Waals surface area contributed by atoms with Crippen LogP contribution in [0.1, 0.15) is 68.2 Å². The lowest BCUT2D eigenvalue weighted by atomic mass is 9.46. The lowest BCUT2D eigenvalue weighted by molar-refractivity contribution is -0.0962. The molecule has 0 heterocycles. The lowest BCUT2D eigenvalue weighted by Crippen LogP contribution is -2.57. The van der Waals surface area contributed by atoms with Gasteiger partial charge in [0.1, 0.15) is 33.3 Å². The number of hydrogen-bond acceptors (Lipinski definition) is 0. The minimum Gasteiger partial charge on any atom is -0.0594 e. The average Bonchev–Trinajstić information content (AvgIpc) is 2.26. The second-order valence-corrected chi connectivity index (χ2v) is 16.0. The van der Waals surface area contributed by atoms with Gasteiger partial charge in [-0.2, -0.15) is 0 Å². The van der Waals surface area contributed by atoms with Crippen LogP contribution in [0.15, 0.2) is 0 Å². The zero-order valence-corrected chi connectivity index (χ0v) is 16.8. The summed E-state index contributed by atoms with van der Waals surface area (Å²) in [5.41, 5.74) is 1.17. The van der Waals surface area contributed by atoms with Crippen LogP contribution in [0, 0.1) is 28.6 Å². The molecule has 1 unspecified atom stereocenters. The highest BCUT2D eigenvalue weighted by Gasteiger charge is 2.69. The molecule has 0 aromatic heterocycles. The normalized spacial score (nSPS) is 37.5. The molecule has 118 valence electrons. The van der Waals surface area contributed by atoms with Crippen molar-refractivity contribution in [3.8, 4) is 0 Å². The number of rotatable bonds is 2. The Kier molecular flexibility index (Phi) is 4.13. The van der Waals surface area contributed by atoms with E-state index in [1.165, 1.54) is 12.8 Å². The Morgan fingerprint density at radius 3 is 1.85 bits per heavy atom. The van der Waals surface area contributed by atoms with Crippen LogP contribution in [0.3, 0.4) is 0 Å². The first-order chi connectivity index (χ1) is 8.74. The van der Waals surface area contributed by atoms with E-state index in [1.54, 1.807) is 0 Å². The van der Waals surface area contributed by atoms with Crippen molar-refractivity contribution in [2.45, 2.75) is 79.0 Å². The van der Waals surface area contributed by atoms with Gasteiger partial charge in [-0.3, -0.25) is 0 Å². The molecule has 3 aliphatic carbocycles. The Hall–Kier alpha value is 1.01. The highest BCUT2D eigenvalue weighted by molar-refractivity contribution is 8.18. The molecule has 0 saturated heterocycles. The summed E-state index contributed by atoms with van der Waals surface area (Å²) in [5, 5.41) is -0.00401. The molecule has 0 aliphatic heterocycles. The van der Waals surface area contributed by atoms with Gasteiger partial charge < -0.3 is 0 Å². The second kappa shape index (κ2) is 4.75. The van der Waals surface area contributed by atoms with E-state index in [1.807, 2.05) is 0 Å². The summed E-state index contributed by atoms with van der Waals surface area (Å²) in [7, 11) is 0. The minimum atomic E-state index is -2.02. The van der Waals surface area contributed by atoms with Crippen molar-refractivity contribution in [1.29, 1.82) is 0 Å². The van der Waals surface area contributed by atoms with Gasteiger partial charge in [-0.15, -0.1) is 0 Å². The van der Waals surface area contributed by atoms with Gasteiger partial charge in [0, 0.05) is 5.41 Å². The van der Waals surface area contributed by atoms with Gasteiger partial charge in [-0.05, 0) is 49.9 Å². The van der Waals surface area contributed by atoms with Crippen LogP contribution < -0.4 is 0 Å². The fraction of sp³-hybridized carbons (Fsp3) is 1.00. The molecule has 0 N–H and O–H groups in total. The standard InChI is InChI=1S/C17H32Cl2P/c1-11-13-9-12(16(13,5)6)10-14(11)20(18,19)17(7,8)15(2,3)4/h11-14H,9-10H2,1-8H3/q+1/t11-,12+,13-,14?/m1/s1. The van der Waals surface area contributed by atoms with Crippen molar-refractivity contribution in [1.82, 2.24) is 0 Å². The van der Waals surface area contributed by atoms with Crippen molar-refractivity contribution in [2.75, 3.05) is 0 Å². The fourth-order valence-corrected chi connectivity index (χ4v) is 10.5. The topological polar surface area (TPSA) is 0 Å². The summed E-state index contributed by atoms with van der Waals surface area (Å²) in [6, 6.07) is 0. The van der Waals surface area contributed by atoms with Gasteiger partial charge in [0.2, 0.25) is 5.97 Å². The van der Waals surface area contributed by atoms with Crippen LogP contribution in [0.5, 0.6) is 0 Å². The molecule has 4 atom stereocenters. The third-order valence-electron chi connectivity index (χ3n) is 7.31. The van der Waals surface area contributed by atoms with Crippen molar-refractivity contribution < 1.29 is 0 Å². The van der Waals surface area contributed by atoms with Crippen molar-refractivity contribution >= 4 is 28.4 Å². The smallest absolute Gasteiger partial charge is 0.0594 e. The van der Waals surface area contributed by atoms with Crippen LogP contribution in [-0.4, -0.2) is 10.8 Å². The van der Waals surface area contributed by atoms with Gasteiger partial charge in [0.05, 0.1) is 0 Å². The quantitative estimate of drug-likeness (QED) is 0.467. The third-order valence-corrected chi connectivity index (χ3v) is 15.0. The molecule has 3 heteroatoms. The van der Waals surface area contributed by atoms with Gasteiger partial charge in [-0.25, -0.2) is 0 Å². The van der Waals surface area contributed by atoms with Crippen molar-refractivity contribution in [3.05, 3.63) is 0 Å². The fourth-order valence-electron chi connectivity index (χ4n) is 4.41. The first kappa shape index (κ1) is 17.4. The minimum absolute atomic E-state index is 0.00401. The molecule has 3 aliphatic rings. The molecule has 0 spiro atoms. The van der Waals surface area contributed by atoms with Crippen LogP contribution in [0.4, 0.5) is 0 Å². The SMILES string of the molecule is C[C@H]1C([P+](Cl)(Cl)C(C)(C)C(C)(C)C)C[C@@H]2C[C@H]1C2(C)C. The molecular formula is C17H32Cl2P+. The van der Waals surface area contributed by atoms with E-state index in [0.29, 0.717) is 17.0 Å². The van der Waals surface area contributed by atoms with E-state index in [9.17, 15) is 0 Å². The van der Waals surface area contributed by atoms with Gasteiger partial charge in [0.15, 0.2) is 0 Å². The lowest BCUT2D eigenvalue weighted by Gasteiger charge is -2.62. The molecule has 2 bridgehead atoms.